The normalized spacial score (nSPS) is 27.3. The summed E-state index contributed by atoms with van der Waals surface area (Å²) in [5.74, 6) is -0.207. The molecule has 0 aromatic rings. The maximum Gasteiger partial charge on any atom is 0.280 e. The highest BCUT2D eigenvalue weighted by molar-refractivity contribution is 6.06. The second-order valence-electron chi connectivity index (χ2n) is 6.57. The number of carbonyl (C=O) groups excluding carboxylic acids is 1. The summed E-state index contributed by atoms with van der Waals surface area (Å²) in [4.78, 5) is 17.0. The first-order valence-electron chi connectivity index (χ1n) is 8.28. The fourth-order valence-electron chi connectivity index (χ4n) is 3.46. The monoisotopic (exact) mass is 322 g/mol. The number of allylic oxidation sites excluding steroid dienone is 3. The first kappa shape index (κ1) is 14.8. The first-order valence-corrected chi connectivity index (χ1v) is 8.28. The Morgan fingerprint density at radius 3 is 2.74 bits per heavy atom. The highest BCUT2D eigenvalue weighted by Gasteiger charge is 2.41. The zero-order valence-electron chi connectivity index (χ0n) is 12.8. The predicted molar refractivity (Wildman–Crippen MR) is 81.5 cm³/mol. The molecule has 2 aliphatic carbocycles. The van der Waals surface area contributed by atoms with E-state index in [1.165, 1.54) is 11.1 Å². The molecule has 0 radical (unpaired) electrons. The zero-order valence-corrected chi connectivity index (χ0v) is 12.8. The molecule has 2 aliphatic heterocycles. The van der Waals surface area contributed by atoms with E-state index in [1.807, 2.05) is 0 Å². The molecule has 124 valence electrons. The number of nitrogens with one attached hydrogen (secondary N) is 2. The quantitative estimate of drug-likeness (QED) is 0.836. The molecular weight excluding hydrogens is 302 g/mol. The summed E-state index contributed by atoms with van der Waals surface area (Å²) in [6.45, 7) is 0.310. The summed E-state index contributed by atoms with van der Waals surface area (Å²) < 4.78 is 26.7. The van der Waals surface area contributed by atoms with Crippen LogP contribution in [0, 0.1) is 5.92 Å². The average molecular weight is 322 g/mol. The van der Waals surface area contributed by atoms with Crippen molar-refractivity contribution in [3.05, 3.63) is 23.0 Å². The molecule has 2 heterocycles. The summed E-state index contributed by atoms with van der Waals surface area (Å²) in [5.41, 5.74) is 4.50. The Kier molecular flexibility index (Phi) is 3.67. The minimum Gasteiger partial charge on any atom is -0.353 e. The lowest BCUT2D eigenvalue weighted by molar-refractivity contribution is -0.123. The number of rotatable bonds is 3. The van der Waals surface area contributed by atoms with Crippen molar-refractivity contribution in [2.75, 3.05) is 6.54 Å². The van der Waals surface area contributed by atoms with Gasteiger partial charge in [0.25, 0.3) is 6.43 Å². The predicted octanol–water partition coefficient (Wildman–Crippen LogP) is 2.09. The SMILES string of the molecule is O=C(NC1CCCC1)C1CNN2C(C(F)F)=CC(=C3CC3)N=C12. The summed E-state index contributed by atoms with van der Waals surface area (Å²) in [7, 11) is 0. The van der Waals surface area contributed by atoms with Gasteiger partial charge in [0.05, 0.1) is 5.70 Å². The van der Waals surface area contributed by atoms with Crippen molar-refractivity contribution >= 4 is 11.7 Å². The lowest BCUT2D eigenvalue weighted by Crippen LogP contribution is -2.43. The van der Waals surface area contributed by atoms with E-state index in [4.69, 9.17) is 0 Å². The first-order chi connectivity index (χ1) is 11.1. The summed E-state index contributed by atoms with van der Waals surface area (Å²) >= 11 is 0. The van der Waals surface area contributed by atoms with E-state index in [-0.39, 0.29) is 17.6 Å². The van der Waals surface area contributed by atoms with Crippen LogP contribution in [0.15, 0.2) is 28.0 Å². The fraction of sp³-hybridized carbons (Fsp3) is 0.625. The number of fused-ring (bicyclic) bond motifs is 1. The van der Waals surface area contributed by atoms with Gasteiger partial charge in [0.2, 0.25) is 5.91 Å². The average Bonchev–Trinajstić information content (AvgIpc) is 3.09. The summed E-state index contributed by atoms with van der Waals surface area (Å²) in [6.07, 6.45) is 4.93. The molecule has 1 unspecified atom stereocenters. The lowest BCUT2D eigenvalue weighted by Gasteiger charge is -2.26. The number of hydrazine groups is 1. The minimum atomic E-state index is -2.60. The Balaban J connectivity index is 1.57. The van der Waals surface area contributed by atoms with Gasteiger partial charge in [-0.1, -0.05) is 12.8 Å². The van der Waals surface area contributed by atoms with Gasteiger partial charge in [0.1, 0.15) is 17.5 Å². The Bertz CT molecular complexity index is 614. The van der Waals surface area contributed by atoms with E-state index in [2.05, 4.69) is 15.7 Å². The fourth-order valence-corrected chi connectivity index (χ4v) is 3.46. The van der Waals surface area contributed by atoms with Crippen molar-refractivity contribution < 1.29 is 13.6 Å². The van der Waals surface area contributed by atoms with Crippen LogP contribution in [0.25, 0.3) is 0 Å². The van der Waals surface area contributed by atoms with Gasteiger partial charge in [-0.15, -0.1) is 0 Å². The maximum atomic E-state index is 13.3. The molecule has 4 rings (SSSR count). The molecule has 2 N–H and O–H groups in total. The largest absolute Gasteiger partial charge is 0.353 e. The molecule has 0 spiro atoms. The van der Waals surface area contributed by atoms with Gasteiger partial charge < -0.3 is 5.32 Å². The number of alkyl halides is 2. The second kappa shape index (κ2) is 5.70. The van der Waals surface area contributed by atoms with Crippen molar-refractivity contribution in [1.82, 2.24) is 15.8 Å². The van der Waals surface area contributed by atoms with Crippen LogP contribution in [0.4, 0.5) is 8.78 Å². The van der Waals surface area contributed by atoms with E-state index in [1.54, 1.807) is 0 Å². The highest BCUT2D eigenvalue weighted by atomic mass is 19.3. The number of hydrogen-bond acceptors (Lipinski definition) is 4. The molecule has 1 atom stereocenters. The van der Waals surface area contributed by atoms with Crippen molar-refractivity contribution in [3.63, 3.8) is 0 Å². The van der Waals surface area contributed by atoms with Crippen LogP contribution >= 0.6 is 0 Å². The highest BCUT2D eigenvalue weighted by Crippen LogP contribution is 2.37. The van der Waals surface area contributed by atoms with E-state index in [0.29, 0.717) is 18.1 Å². The minimum absolute atomic E-state index is 0.110. The molecule has 1 amide bonds. The number of amides is 1. The van der Waals surface area contributed by atoms with Crippen molar-refractivity contribution in [3.8, 4) is 0 Å². The topological polar surface area (TPSA) is 56.7 Å². The molecule has 0 aromatic carbocycles. The molecule has 4 aliphatic rings. The van der Waals surface area contributed by atoms with Crippen LogP contribution in [0.5, 0.6) is 0 Å². The van der Waals surface area contributed by atoms with Crippen LogP contribution in [0.3, 0.4) is 0 Å². The van der Waals surface area contributed by atoms with Crippen LogP contribution in [0.2, 0.25) is 0 Å². The van der Waals surface area contributed by atoms with Gasteiger partial charge in [-0.3, -0.25) is 9.80 Å². The number of hydrogen-bond donors (Lipinski definition) is 2. The number of nitrogens with zero attached hydrogens (tertiary/aromatic N) is 2. The number of aliphatic imine (C=N–C) groups is 1. The van der Waals surface area contributed by atoms with Gasteiger partial charge in [-0.2, -0.15) is 0 Å². The lowest BCUT2D eigenvalue weighted by atomic mass is 10.1. The number of amidine groups is 1. The maximum absolute atomic E-state index is 13.3. The second-order valence-corrected chi connectivity index (χ2v) is 6.57. The Labute approximate surface area is 133 Å². The van der Waals surface area contributed by atoms with Crippen LogP contribution < -0.4 is 10.7 Å². The third kappa shape index (κ3) is 2.78. The van der Waals surface area contributed by atoms with Gasteiger partial charge in [-0.05, 0) is 37.3 Å². The molecule has 23 heavy (non-hydrogen) atoms. The smallest absolute Gasteiger partial charge is 0.280 e. The molecule has 1 saturated heterocycles. The van der Waals surface area contributed by atoms with E-state index >= 15 is 0 Å². The molecular formula is C16H20F2N4O. The summed E-state index contributed by atoms with van der Waals surface area (Å²) in [6, 6.07) is 0.215. The van der Waals surface area contributed by atoms with Crippen LogP contribution in [-0.2, 0) is 4.79 Å². The van der Waals surface area contributed by atoms with E-state index < -0.39 is 12.3 Å². The molecule has 7 heteroatoms. The van der Waals surface area contributed by atoms with Gasteiger partial charge in [0, 0.05) is 12.6 Å². The van der Waals surface area contributed by atoms with Crippen LogP contribution in [0.1, 0.15) is 38.5 Å². The summed E-state index contributed by atoms with van der Waals surface area (Å²) in [5, 5.41) is 4.35. The molecule has 0 aromatic heterocycles. The van der Waals surface area contributed by atoms with Crippen LogP contribution in [-0.4, -0.2) is 35.8 Å². The Morgan fingerprint density at radius 1 is 1.35 bits per heavy atom. The van der Waals surface area contributed by atoms with E-state index in [9.17, 15) is 13.6 Å². The number of halogens is 2. The number of carbonyl (C=O) groups is 1. The molecule has 5 nitrogen and oxygen atoms in total. The van der Waals surface area contributed by atoms with Crippen molar-refractivity contribution in [1.29, 1.82) is 0 Å². The van der Waals surface area contributed by atoms with E-state index in [0.717, 1.165) is 44.1 Å². The van der Waals surface area contributed by atoms with Gasteiger partial charge >= 0.3 is 0 Å². The molecule has 2 saturated carbocycles. The Hall–Kier alpha value is -1.76. The third-order valence-corrected chi connectivity index (χ3v) is 4.88. The third-order valence-electron chi connectivity index (χ3n) is 4.88. The van der Waals surface area contributed by atoms with Crippen molar-refractivity contribution in [2.24, 2.45) is 10.9 Å². The molecule has 0 bridgehead atoms. The zero-order chi connectivity index (χ0) is 16.0. The molecule has 3 fully saturated rings. The van der Waals surface area contributed by atoms with Gasteiger partial charge in [-0.25, -0.2) is 19.2 Å². The van der Waals surface area contributed by atoms with Crippen molar-refractivity contribution in [2.45, 2.75) is 51.0 Å². The standard InChI is InChI=1S/C16H20F2N4O/c17-14(18)13-7-12(9-5-6-9)21-15-11(8-19-22(13)15)16(23)20-10-3-1-2-4-10/h7,10-11,14,19H,1-6,8H2,(H,20,23). The van der Waals surface area contributed by atoms with Gasteiger partial charge in [0.15, 0.2) is 0 Å². The Morgan fingerprint density at radius 2 is 2.09 bits per heavy atom.